The van der Waals surface area contributed by atoms with Crippen molar-refractivity contribution in [1.82, 2.24) is 9.62 Å². The maximum absolute atomic E-state index is 12.1. The van der Waals surface area contributed by atoms with Gasteiger partial charge < -0.3 is 0 Å². The highest BCUT2D eigenvalue weighted by molar-refractivity contribution is 7.90. The van der Waals surface area contributed by atoms with Crippen LogP contribution in [0.2, 0.25) is 0 Å². The number of benzene rings is 2. The second-order valence-electron chi connectivity index (χ2n) is 6.72. The third-order valence-electron chi connectivity index (χ3n) is 5.03. The lowest BCUT2D eigenvalue weighted by Gasteiger charge is -2.32. The molecule has 1 fully saturated rings. The summed E-state index contributed by atoms with van der Waals surface area (Å²) in [6.07, 6.45) is 1.65. The zero-order valence-electron chi connectivity index (χ0n) is 14.9. The van der Waals surface area contributed by atoms with E-state index in [0.717, 1.165) is 25.9 Å². The molecule has 2 aromatic rings. The Kier molecular flexibility index (Phi) is 5.57. The minimum Gasteiger partial charge on any atom is -0.298 e. The molecule has 5 heteroatoms. The quantitative estimate of drug-likeness (QED) is 0.893. The smallest absolute Gasteiger partial charge is 0.215 e. The molecule has 0 saturated carbocycles. The van der Waals surface area contributed by atoms with E-state index in [-0.39, 0.29) is 5.25 Å². The van der Waals surface area contributed by atoms with E-state index in [9.17, 15) is 8.42 Å². The summed E-state index contributed by atoms with van der Waals surface area (Å²) < 4.78 is 26.8. The Balaban J connectivity index is 1.83. The molecule has 1 aliphatic rings. The van der Waals surface area contributed by atoms with Gasteiger partial charge in [-0.15, -0.1) is 0 Å². The summed E-state index contributed by atoms with van der Waals surface area (Å²) in [6.45, 7) is 4.44. The summed E-state index contributed by atoms with van der Waals surface area (Å²) in [7, 11) is -1.71. The summed E-state index contributed by atoms with van der Waals surface area (Å²) in [5, 5.41) is -0.322. The van der Waals surface area contributed by atoms with Crippen LogP contribution in [0, 0.1) is 6.92 Å². The van der Waals surface area contributed by atoms with Crippen LogP contribution in [0.4, 0.5) is 0 Å². The third-order valence-corrected chi connectivity index (χ3v) is 6.86. The molecule has 0 amide bonds. The van der Waals surface area contributed by atoms with Crippen molar-refractivity contribution in [3.05, 3.63) is 59.7 Å². The predicted octanol–water partition coefficient (Wildman–Crippen LogP) is 3.18. The molecule has 4 nitrogen and oxygen atoms in total. The van der Waals surface area contributed by atoms with E-state index in [0.29, 0.717) is 6.54 Å². The number of hydrogen-bond donors (Lipinski definition) is 1. The highest BCUT2D eigenvalue weighted by Gasteiger charge is 2.29. The van der Waals surface area contributed by atoms with Gasteiger partial charge in [0.1, 0.15) is 0 Å². The lowest BCUT2D eigenvalue weighted by Crippen LogP contribution is -2.45. The molecular formula is C20H26N2O2S. The SMILES string of the molecule is CNS(=O)(=O)C1CCCN(Cc2ccccc2-c2ccccc2C)C1. The van der Waals surface area contributed by atoms with Gasteiger partial charge in [0.2, 0.25) is 10.0 Å². The van der Waals surface area contributed by atoms with Gasteiger partial charge in [0.15, 0.2) is 0 Å². The normalized spacial score (nSPS) is 19.0. The molecule has 0 radical (unpaired) electrons. The molecule has 0 bridgehead atoms. The van der Waals surface area contributed by atoms with Crippen LogP contribution in [-0.2, 0) is 16.6 Å². The largest absolute Gasteiger partial charge is 0.298 e. The number of nitrogens with zero attached hydrogens (tertiary/aromatic N) is 1. The number of hydrogen-bond acceptors (Lipinski definition) is 3. The Morgan fingerprint density at radius 1 is 1.08 bits per heavy atom. The van der Waals surface area contributed by atoms with Crippen LogP contribution in [0.25, 0.3) is 11.1 Å². The van der Waals surface area contributed by atoms with E-state index in [2.05, 4.69) is 65.1 Å². The Hall–Kier alpha value is -1.69. The van der Waals surface area contributed by atoms with Crippen molar-refractivity contribution in [2.75, 3.05) is 20.1 Å². The van der Waals surface area contributed by atoms with Gasteiger partial charge in [0.05, 0.1) is 5.25 Å². The minimum absolute atomic E-state index is 0.322. The van der Waals surface area contributed by atoms with E-state index in [1.54, 1.807) is 0 Å². The Morgan fingerprint density at radius 2 is 1.76 bits per heavy atom. The average molecular weight is 359 g/mol. The van der Waals surface area contributed by atoms with Gasteiger partial charge in [-0.1, -0.05) is 48.5 Å². The molecule has 1 heterocycles. The van der Waals surface area contributed by atoms with E-state index in [1.807, 2.05) is 0 Å². The van der Waals surface area contributed by atoms with Gasteiger partial charge in [-0.2, -0.15) is 0 Å². The maximum Gasteiger partial charge on any atom is 0.215 e. The molecule has 0 spiro atoms. The molecule has 2 aromatic carbocycles. The average Bonchev–Trinajstić information content (AvgIpc) is 2.63. The Bertz CT molecular complexity index is 833. The number of rotatable bonds is 5. The maximum atomic E-state index is 12.1. The van der Waals surface area contributed by atoms with Gasteiger partial charge in [0.25, 0.3) is 0 Å². The van der Waals surface area contributed by atoms with Gasteiger partial charge in [-0.05, 0) is 55.6 Å². The molecule has 3 rings (SSSR count). The number of aryl methyl sites for hydroxylation is 1. The van der Waals surface area contributed by atoms with Crippen molar-refractivity contribution in [3.8, 4) is 11.1 Å². The van der Waals surface area contributed by atoms with Crippen LogP contribution < -0.4 is 4.72 Å². The van der Waals surface area contributed by atoms with E-state index in [4.69, 9.17) is 0 Å². The van der Waals surface area contributed by atoms with Crippen LogP contribution in [0.3, 0.4) is 0 Å². The molecular weight excluding hydrogens is 332 g/mol. The van der Waals surface area contributed by atoms with Gasteiger partial charge >= 0.3 is 0 Å². The summed E-state index contributed by atoms with van der Waals surface area (Å²) >= 11 is 0. The zero-order chi connectivity index (χ0) is 17.9. The van der Waals surface area contributed by atoms with Crippen molar-refractivity contribution in [3.63, 3.8) is 0 Å². The first-order valence-electron chi connectivity index (χ1n) is 8.80. The van der Waals surface area contributed by atoms with Gasteiger partial charge in [-0.25, -0.2) is 13.1 Å². The molecule has 1 unspecified atom stereocenters. The fraction of sp³-hybridized carbons (Fsp3) is 0.400. The van der Waals surface area contributed by atoms with Crippen LogP contribution in [-0.4, -0.2) is 38.7 Å². The van der Waals surface area contributed by atoms with Crippen LogP contribution >= 0.6 is 0 Å². The molecule has 1 saturated heterocycles. The lowest BCUT2D eigenvalue weighted by molar-refractivity contribution is 0.222. The lowest BCUT2D eigenvalue weighted by atomic mass is 9.95. The highest BCUT2D eigenvalue weighted by atomic mass is 32.2. The number of nitrogens with one attached hydrogen (secondary N) is 1. The molecule has 25 heavy (non-hydrogen) atoms. The van der Waals surface area contributed by atoms with E-state index < -0.39 is 10.0 Å². The van der Waals surface area contributed by atoms with Crippen LogP contribution in [0.1, 0.15) is 24.0 Å². The fourth-order valence-electron chi connectivity index (χ4n) is 3.61. The molecule has 0 aromatic heterocycles. The van der Waals surface area contributed by atoms with Gasteiger partial charge in [-0.3, -0.25) is 4.90 Å². The van der Waals surface area contributed by atoms with Crippen molar-refractivity contribution in [2.45, 2.75) is 31.6 Å². The van der Waals surface area contributed by atoms with E-state index in [1.165, 1.54) is 29.3 Å². The highest BCUT2D eigenvalue weighted by Crippen LogP contribution is 2.28. The predicted molar refractivity (Wildman–Crippen MR) is 103 cm³/mol. The zero-order valence-corrected chi connectivity index (χ0v) is 15.7. The van der Waals surface area contributed by atoms with Crippen molar-refractivity contribution < 1.29 is 8.42 Å². The first-order valence-corrected chi connectivity index (χ1v) is 10.3. The topological polar surface area (TPSA) is 49.4 Å². The van der Waals surface area contributed by atoms with Crippen molar-refractivity contribution >= 4 is 10.0 Å². The van der Waals surface area contributed by atoms with Crippen molar-refractivity contribution in [2.24, 2.45) is 0 Å². The van der Waals surface area contributed by atoms with Gasteiger partial charge in [0, 0.05) is 13.1 Å². The molecule has 1 atom stereocenters. The number of likely N-dealkylation sites (tertiary alicyclic amines) is 1. The summed E-state index contributed by atoms with van der Waals surface area (Å²) in [4.78, 5) is 2.26. The molecule has 134 valence electrons. The Labute approximate surface area is 150 Å². The second-order valence-corrected chi connectivity index (χ2v) is 8.89. The molecule has 1 N–H and O–H groups in total. The first kappa shape index (κ1) is 18.1. The number of piperidine rings is 1. The monoisotopic (exact) mass is 358 g/mol. The summed E-state index contributed by atoms with van der Waals surface area (Å²) in [5.41, 5.74) is 4.98. The van der Waals surface area contributed by atoms with Crippen molar-refractivity contribution in [1.29, 1.82) is 0 Å². The molecule has 1 aliphatic heterocycles. The van der Waals surface area contributed by atoms with Crippen LogP contribution in [0.5, 0.6) is 0 Å². The minimum atomic E-state index is -3.21. The standard InChI is InChI=1S/C20H26N2O2S/c1-16-8-3-5-11-19(16)20-12-6-4-9-17(20)14-22-13-7-10-18(15-22)25(23,24)21-2/h3-6,8-9,11-12,18,21H,7,10,13-15H2,1-2H3. The first-order chi connectivity index (χ1) is 12.0. The van der Waals surface area contributed by atoms with Crippen LogP contribution in [0.15, 0.2) is 48.5 Å². The number of sulfonamides is 1. The second kappa shape index (κ2) is 7.68. The molecule has 0 aliphatic carbocycles. The third kappa shape index (κ3) is 4.11. The van der Waals surface area contributed by atoms with E-state index >= 15 is 0 Å². The Morgan fingerprint density at radius 3 is 2.48 bits per heavy atom. The fourth-order valence-corrected chi connectivity index (χ4v) is 4.83. The summed E-state index contributed by atoms with van der Waals surface area (Å²) in [6, 6.07) is 16.8. The summed E-state index contributed by atoms with van der Waals surface area (Å²) in [5.74, 6) is 0.